The Balaban J connectivity index is 2.47. The first-order valence-electron chi connectivity index (χ1n) is 7.32. The van der Waals surface area contributed by atoms with Gasteiger partial charge < -0.3 is 4.79 Å². The van der Waals surface area contributed by atoms with Gasteiger partial charge in [0.05, 0.1) is 21.8 Å². The van der Waals surface area contributed by atoms with Crippen LogP contribution in [0, 0.1) is 11.8 Å². The molecular formula is C15H14F6O3S. The molecule has 0 spiro atoms. The first kappa shape index (κ1) is 19.7. The predicted molar refractivity (Wildman–Crippen MR) is 75.4 cm³/mol. The fourth-order valence-electron chi connectivity index (χ4n) is 2.94. The zero-order chi connectivity index (χ0) is 19.0. The van der Waals surface area contributed by atoms with Crippen molar-refractivity contribution >= 4 is 16.1 Å². The second-order valence-electron chi connectivity index (χ2n) is 6.01. The van der Waals surface area contributed by atoms with Crippen LogP contribution in [-0.2, 0) is 27.0 Å². The molecule has 0 heterocycles. The molecule has 25 heavy (non-hydrogen) atoms. The first-order chi connectivity index (χ1) is 11.3. The lowest BCUT2D eigenvalue weighted by atomic mass is 10.0. The van der Waals surface area contributed by atoms with Gasteiger partial charge in [0, 0.05) is 5.92 Å². The minimum atomic E-state index is -5.12. The van der Waals surface area contributed by atoms with Crippen molar-refractivity contribution in [2.75, 3.05) is 5.75 Å². The number of benzene rings is 1. The van der Waals surface area contributed by atoms with E-state index in [1.54, 1.807) is 0 Å². The van der Waals surface area contributed by atoms with Crippen LogP contribution in [0.15, 0.2) is 23.1 Å². The molecule has 0 unspecified atom stereocenters. The van der Waals surface area contributed by atoms with Gasteiger partial charge >= 0.3 is 12.4 Å². The van der Waals surface area contributed by atoms with Crippen LogP contribution in [0.3, 0.4) is 0 Å². The number of aldehydes is 1. The fraction of sp³-hybridized carbons (Fsp3) is 0.533. The SMILES string of the molecule is O=C[C@H]1CCC[C@@H]1CS(=O)(=O)c1cc(C(F)(F)F)cc(C(F)(F)F)c1. The van der Waals surface area contributed by atoms with E-state index in [1.165, 1.54) is 0 Å². The summed E-state index contributed by atoms with van der Waals surface area (Å²) in [5.74, 6) is -1.82. The van der Waals surface area contributed by atoms with E-state index in [-0.39, 0.29) is 18.2 Å². The van der Waals surface area contributed by atoms with Gasteiger partial charge in [0.25, 0.3) is 0 Å². The predicted octanol–water partition coefficient (Wildman–Crippen LogP) is 4.11. The topological polar surface area (TPSA) is 51.2 Å². The van der Waals surface area contributed by atoms with Crippen LogP contribution in [0.1, 0.15) is 30.4 Å². The van der Waals surface area contributed by atoms with E-state index >= 15 is 0 Å². The van der Waals surface area contributed by atoms with Gasteiger partial charge in [-0.3, -0.25) is 0 Å². The Kier molecular flexibility index (Phi) is 5.23. The lowest BCUT2D eigenvalue weighted by Gasteiger charge is -2.17. The molecule has 2 atom stereocenters. The molecule has 10 heteroatoms. The molecule has 3 nitrogen and oxygen atoms in total. The van der Waals surface area contributed by atoms with Crippen molar-refractivity contribution in [3.63, 3.8) is 0 Å². The molecule has 1 fully saturated rings. The quantitative estimate of drug-likeness (QED) is 0.576. The monoisotopic (exact) mass is 388 g/mol. The van der Waals surface area contributed by atoms with Crippen LogP contribution in [0.2, 0.25) is 0 Å². The molecule has 1 aliphatic rings. The van der Waals surface area contributed by atoms with Crippen molar-refractivity contribution in [1.82, 2.24) is 0 Å². The summed E-state index contributed by atoms with van der Waals surface area (Å²) in [7, 11) is -4.41. The molecule has 0 saturated heterocycles. The standard InChI is InChI=1S/C15H14F6O3S/c16-14(17,18)11-4-12(15(19,20)21)6-13(5-11)25(23,24)8-10-3-1-2-9(10)7-22/h4-7,9-10H,1-3,8H2/t9-,10-/m1/s1. The highest BCUT2D eigenvalue weighted by Gasteiger charge is 2.39. The van der Waals surface area contributed by atoms with Crippen LogP contribution < -0.4 is 0 Å². The Morgan fingerprint density at radius 2 is 1.48 bits per heavy atom. The van der Waals surface area contributed by atoms with E-state index in [0.29, 0.717) is 25.5 Å². The smallest absolute Gasteiger partial charge is 0.303 e. The highest BCUT2D eigenvalue weighted by Crippen LogP contribution is 2.38. The third kappa shape index (κ3) is 4.53. The molecule has 0 aliphatic heterocycles. The lowest BCUT2D eigenvalue weighted by Crippen LogP contribution is -2.22. The zero-order valence-corrected chi connectivity index (χ0v) is 13.5. The van der Waals surface area contributed by atoms with Gasteiger partial charge in [-0.15, -0.1) is 0 Å². The van der Waals surface area contributed by atoms with Crippen LogP contribution >= 0.6 is 0 Å². The van der Waals surface area contributed by atoms with E-state index in [1.807, 2.05) is 0 Å². The van der Waals surface area contributed by atoms with Gasteiger partial charge in [-0.1, -0.05) is 6.42 Å². The highest BCUT2D eigenvalue weighted by atomic mass is 32.2. The number of hydrogen-bond donors (Lipinski definition) is 0. The van der Waals surface area contributed by atoms with Crippen molar-refractivity contribution in [2.45, 2.75) is 36.5 Å². The molecular weight excluding hydrogens is 374 g/mol. The number of carbonyl (C=O) groups is 1. The summed E-state index contributed by atoms with van der Waals surface area (Å²) >= 11 is 0. The van der Waals surface area contributed by atoms with Gasteiger partial charge in [-0.2, -0.15) is 26.3 Å². The maximum absolute atomic E-state index is 12.8. The molecule has 1 aromatic rings. The molecule has 0 aromatic heterocycles. The van der Waals surface area contributed by atoms with Crippen molar-refractivity contribution in [3.05, 3.63) is 29.3 Å². The normalized spacial score (nSPS) is 22.2. The highest BCUT2D eigenvalue weighted by molar-refractivity contribution is 7.91. The number of rotatable bonds is 4. The average Bonchev–Trinajstić information content (AvgIpc) is 2.91. The summed E-state index contributed by atoms with van der Waals surface area (Å²) in [4.78, 5) is 9.88. The van der Waals surface area contributed by atoms with Crippen LogP contribution in [0.5, 0.6) is 0 Å². The van der Waals surface area contributed by atoms with E-state index in [2.05, 4.69) is 0 Å². The van der Waals surface area contributed by atoms with E-state index in [9.17, 15) is 39.6 Å². The summed E-state index contributed by atoms with van der Waals surface area (Å²) in [6.45, 7) is 0. The van der Waals surface area contributed by atoms with Crippen molar-refractivity contribution in [2.24, 2.45) is 11.8 Å². The zero-order valence-electron chi connectivity index (χ0n) is 12.7. The number of carbonyl (C=O) groups excluding carboxylic acids is 1. The van der Waals surface area contributed by atoms with Gasteiger partial charge in [-0.05, 0) is 37.0 Å². The summed E-state index contributed by atoms with van der Waals surface area (Å²) < 4.78 is 102. The number of hydrogen-bond acceptors (Lipinski definition) is 3. The number of sulfone groups is 1. The Labute approximate surface area is 139 Å². The number of halogens is 6. The number of alkyl halides is 6. The second kappa shape index (κ2) is 6.62. The minimum Gasteiger partial charge on any atom is -0.303 e. The van der Waals surface area contributed by atoms with Crippen LogP contribution in [-0.4, -0.2) is 20.5 Å². The molecule has 1 aromatic carbocycles. The summed E-state index contributed by atoms with van der Waals surface area (Å²) in [6.07, 6.45) is -8.23. The van der Waals surface area contributed by atoms with Crippen molar-refractivity contribution in [3.8, 4) is 0 Å². The van der Waals surface area contributed by atoms with Crippen molar-refractivity contribution < 1.29 is 39.6 Å². The molecule has 0 N–H and O–H groups in total. The van der Waals surface area contributed by atoms with Gasteiger partial charge in [-0.25, -0.2) is 8.42 Å². The fourth-order valence-corrected chi connectivity index (χ4v) is 4.72. The Morgan fingerprint density at radius 3 is 1.92 bits per heavy atom. The molecule has 0 bridgehead atoms. The third-order valence-electron chi connectivity index (χ3n) is 4.25. The van der Waals surface area contributed by atoms with Gasteiger partial charge in [0.2, 0.25) is 0 Å². The minimum absolute atomic E-state index is 0.122. The van der Waals surface area contributed by atoms with Gasteiger partial charge in [0.15, 0.2) is 9.84 Å². The molecule has 1 saturated carbocycles. The molecule has 2 rings (SSSR count). The maximum atomic E-state index is 12.8. The van der Waals surface area contributed by atoms with Crippen LogP contribution in [0.25, 0.3) is 0 Å². The Bertz CT molecular complexity index is 719. The first-order valence-corrected chi connectivity index (χ1v) is 8.97. The molecule has 0 radical (unpaired) electrons. The van der Waals surface area contributed by atoms with E-state index < -0.39 is 55.8 Å². The molecule has 0 amide bonds. The second-order valence-corrected chi connectivity index (χ2v) is 8.05. The largest absolute Gasteiger partial charge is 0.416 e. The van der Waals surface area contributed by atoms with Crippen LogP contribution in [0.4, 0.5) is 26.3 Å². The third-order valence-corrected chi connectivity index (χ3v) is 6.07. The van der Waals surface area contributed by atoms with E-state index in [4.69, 9.17) is 0 Å². The molecule has 1 aliphatic carbocycles. The van der Waals surface area contributed by atoms with Gasteiger partial charge in [0.1, 0.15) is 6.29 Å². The Hall–Kier alpha value is -1.58. The lowest BCUT2D eigenvalue weighted by molar-refractivity contribution is -0.143. The molecule has 140 valence electrons. The summed E-state index contributed by atoms with van der Waals surface area (Å²) in [6, 6.07) is 0.285. The van der Waals surface area contributed by atoms with Crippen molar-refractivity contribution in [1.29, 1.82) is 0 Å². The van der Waals surface area contributed by atoms with E-state index in [0.717, 1.165) is 0 Å². The average molecular weight is 388 g/mol. The maximum Gasteiger partial charge on any atom is 0.416 e. The Morgan fingerprint density at radius 1 is 0.960 bits per heavy atom. The summed E-state index contributed by atoms with van der Waals surface area (Å²) in [5, 5.41) is 0. The summed E-state index contributed by atoms with van der Waals surface area (Å²) in [5.41, 5.74) is -3.36.